The topological polar surface area (TPSA) is 63.3 Å². The zero-order valence-corrected chi connectivity index (χ0v) is 6.43. The second-order valence-electron chi connectivity index (χ2n) is 2.50. The lowest BCUT2D eigenvalue weighted by Gasteiger charge is -2.22. The van der Waals surface area contributed by atoms with Gasteiger partial charge in [-0.05, 0) is 12.8 Å². The Kier molecular flexibility index (Phi) is 2.56. The summed E-state index contributed by atoms with van der Waals surface area (Å²) in [7, 11) is 0. The number of nitrogens with two attached hydrogens (primary N) is 1. The molecule has 0 aliphatic carbocycles. The van der Waals surface area contributed by atoms with Crippen molar-refractivity contribution in [1.29, 1.82) is 0 Å². The Morgan fingerprint density at radius 2 is 2.30 bits per heavy atom. The molecule has 3 N–H and O–H groups in total. The van der Waals surface area contributed by atoms with E-state index >= 15 is 0 Å². The number of carboxylic acid groups (broad SMARTS) is 1. The smallest absolute Gasteiger partial charge is 0.316 e. The van der Waals surface area contributed by atoms with Crippen molar-refractivity contribution in [2.24, 2.45) is 5.73 Å². The molecule has 0 radical (unpaired) electrons. The summed E-state index contributed by atoms with van der Waals surface area (Å²) in [5.74, 6) is 0.0913. The maximum absolute atomic E-state index is 10.4. The number of aliphatic carboxylic acids is 1. The highest BCUT2D eigenvalue weighted by Crippen LogP contribution is 2.24. The van der Waals surface area contributed by atoms with E-state index in [0.717, 1.165) is 18.6 Å². The molecule has 0 bridgehead atoms. The first kappa shape index (κ1) is 7.88. The molecule has 4 heteroatoms. The summed E-state index contributed by atoms with van der Waals surface area (Å²) in [6, 6.07) is 0.209. The predicted octanol–water partition coefficient (Wildman–Crippen LogP) is 0.294. The van der Waals surface area contributed by atoms with Gasteiger partial charge in [0.15, 0.2) is 0 Å². The molecule has 1 heterocycles. The fourth-order valence-corrected chi connectivity index (χ4v) is 2.06. The van der Waals surface area contributed by atoms with Crippen molar-refractivity contribution < 1.29 is 9.90 Å². The molecular weight excluding hydrogens is 150 g/mol. The Bertz CT molecular complexity index is 132. The van der Waals surface area contributed by atoms with Crippen molar-refractivity contribution in [2.45, 2.75) is 24.1 Å². The fourth-order valence-electron chi connectivity index (χ4n) is 0.967. The molecule has 1 rings (SSSR count). The van der Waals surface area contributed by atoms with Gasteiger partial charge in [-0.1, -0.05) is 0 Å². The molecule has 1 saturated heterocycles. The quantitative estimate of drug-likeness (QED) is 0.580. The normalized spacial score (nSPS) is 33.7. The van der Waals surface area contributed by atoms with Gasteiger partial charge in [-0.2, -0.15) is 0 Å². The number of thioether (sulfide) groups is 1. The first-order valence-electron chi connectivity index (χ1n) is 3.30. The van der Waals surface area contributed by atoms with Crippen LogP contribution >= 0.6 is 11.8 Å². The minimum absolute atomic E-state index is 0.209. The van der Waals surface area contributed by atoms with Crippen molar-refractivity contribution in [2.75, 3.05) is 5.75 Å². The number of rotatable bonds is 1. The van der Waals surface area contributed by atoms with Crippen LogP contribution in [0, 0.1) is 0 Å². The molecule has 0 saturated carbocycles. The average molecular weight is 161 g/mol. The Morgan fingerprint density at radius 3 is 2.70 bits per heavy atom. The number of carbonyl (C=O) groups is 1. The molecule has 0 aromatic heterocycles. The third-order valence-electron chi connectivity index (χ3n) is 1.59. The zero-order valence-electron chi connectivity index (χ0n) is 5.62. The van der Waals surface area contributed by atoms with Crippen LogP contribution in [0.25, 0.3) is 0 Å². The lowest BCUT2D eigenvalue weighted by molar-refractivity contribution is -0.136. The van der Waals surface area contributed by atoms with Gasteiger partial charge in [0.05, 0.1) is 0 Å². The second kappa shape index (κ2) is 3.25. The summed E-state index contributed by atoms with van der Waals surface area (Å²) >= 11 is 1.45. The Hall–Kier alpha value is -0.220. The molecule has 2 atom stereocenters. The monoisotopic (exact) mass is 161 g/mol. The summed E-state index contributed by atoms with van der Waals surface area (Å²) in [5.41, 5.74) is 5.58. The molecule has 1 fully saturated rings. The third-order valence-corrected chi connectivity index (χ3v) is 3.05. The lowest BCUT2D eigenvalue weighted by Crippen LogP contribution is -2.32. The van der Waals surface area contributed by atoms with E-state index in [9.17, 15) is 4.79 Å². The van der Waals surface area contributed by atoms with Crippen LogP contribution in [-0.4, -0.2) is 28.1 Å². The predicted molar refractivity (Wildman–Crippen MR) is 41.1 cm³/mol. The van der Waals surface area contributed by atoms with E-state index in [1.807, 2.05) is 0 Å². The van der Waals surface area contributed by atoms with Crippen molar-refractivity contribution in [3.8, 4) is 0 Å². The van der Waals surface area contributed by atoms with Crippen LogP contribution in [0.1, 0.15) is 12.8 Å². The van der Waals surface area contributed by atoms with Gasteiger partial charge in [0, 0.05) is 11.8 Å². The van der Waals surface area contributed by atoms with Crippen molar-refractivity contribution in [3.05, 3.63) is 0 Å². The minimum atomic E-state index is -0.697. The van der Waals surface area contributed by atoms with Gasteiger partial charge in [-0.25, -0.2) is 0 Å². The van der Waals surface area contributed by atoms with E-state index in [4.69, 9.17) is 10.8 Å². The first-order chi connectivity index (χ1) is 4.70. The van der Waals surface area contributed by atoms with Crippen LogP contribution in [0.3, 0.4) is 0 Å². The Balaban J connectivity index is 2.33. The average Bonchev–Trinajstić information content (AvgIpc) is 1.88. The molecule has 1 aliphatic rings. The Labute approximate surface area is 64.0 Å². The van der Waals surface area contributed by atoms with Crippen LogP contribution in [0.5, 0.6) is 0 Å². The number of hydrogen-bond acceptors (Lipinski definition) is 3. The van der Waals surface area contributed by atoms with Crippen LogP contribution < -0.4 is 5.73 Å². The second-order valence-corrected chi connectivity index (χ2v) is 3.73. The van der Waals surface area contributed by atoms with Gasteiger partial charge in [-0.15, -0.1) is 11.8 Å². The zero-order chi connectivity index (χ0) is 7.56. The minimum Gasteiger partial charge on any atom is -0.480 e. The maximum Gasteiger partial charge on any atom is 0.316 e. The summed E-state index contributed by atoms with van der Waals surface area (Å²) in [6.07, 6.45) is 1.57. The van der Waals surface area contributed by atoms with Gasteiger partial charge in [0.25, 0.3) is 0 Å². The maximum atomic E-state index is 10.4. The van der Waals surface area contributed by atoms with Crippen molar-refractivity contribution >= 4 is 17.7 Å². The highest BCUT2D eigenvalue weighted by molar-refractivity contribution is 8.00. The van der Waals surface area contributed by atoms with Crippen LogP contribution in [0.4, 0.5) is 0 Å². The molecule has 3 nitrogen and oxygen atoms in total. The number of carboxylic acids is 1. The number of hydrogen-bond donors (Lipinski definition) is 2. The molecule has 0 amide bonds. The van der Waals surface area contributed by atoms with Gasteiger partial charge in [0.1, 0.15) is 5.25 Å². The SMILES string of the molecule is N[C@@H]1CC[C@H](C(=O)O)SC1. The van der Waals surface area contributed by atoms with Gasteiger partial charge in [0.2, 0.25) is 0 Å². The Morgan fingerprint density at radius 1 is 1.60 bits per heavy atom. The summed E-state index contributed by atoms with van der Waals surface area (Å²) in [5, 5.41) is 8.35. The van der Waals surface area contributed by atoms with E-state index in [0.29, 0.717) is 0 Å². The van der Waals surface area contributed by atoms with E-state index in [1.54, 1.807) is 0 Å². The van der Waals surface area contributed by atoms with Gasteiger partial charge in [-0.3, -0.25) is 4.79 Å². The van der Waals surface area contributed by atoms with E-state index < -0.39 is 5.97 Å². The molecule has 1 aliphatic heterocycles. The van der Waals surface area contributed by atoms with Crippen molar-refractivity contribution in [3.63, 3.8) is 0 Å². The molecule has 0 spiro atoms. The summed E-state index contributed by atoms with van der Waals surface area (Å²) < 4.78 is 0. The van der Waals surface area contributed by atoms with Gasteiger partial charge >= 0.3 is 5.97 Å². The van der Waals surface area contributed by atoms with E-state index in [2.05, 4.69) is 0 Å². The highest BCUT2D eigenvalue weighted by atomic mass is 32.2. The van der Waals surface area contributed by atoms with E-state index in [-0.39, 0.29) is 11.3 Å². The molecular formula is C6H11NO2S. The molecule has 0 unspecified atom stereocenters. The third kappa shape index (κ3) is 1.88. The van der Waals surface area contributed by atoms with Crippen LogP contribution in [-0.2, 0) is 4.79 Å². The lowest BCUT2D eigenvalue weighted by atomic mass is 10.1. The molecule has 0 aromatic rings. The van der Waals surface area contributed by atoms with Gasteiger partial charge < -0.3 is 10.8 Å². The highest BCUT2D eigenvalue weighted by Gasteiger charge is 2.24. The van der Waals surface area contributed by atoms with Crippen LogP contribution in [0.2, 0.25) is 0 Å². The first-order valence-corrected chi connectivity index (χ1v) is 4.35. The van der Waals surface area contributed by atoms with Crippen LogP contribution in [0.15, 0.2) is 0 Å². The molecule has 10 heavy (non-hydrogen) atoms. The molecule has 58 valence electrons. The summed E-state index contributed by atoms with van der Waals surface area (Å²) in [4.78, 5) is 10.4. The fraction of sp³-hybridized carbons (Fsp3) is 0.833. The van der Waals surface area contributed by atoms with E-state index in [1.165, 1.54) is 11.8 Å². The molecule has 0 aromatic carbocycles. The standard InChI is InChI=1S/C6H11NO2S/c7-4-1-2-5(6(8)9)10-3-4/h4-5H,1-3,7H2,(H,8,9)/t4-,5-/m1/s1. The van der Waals surface area contributed by atoms with Crippen molar-refractivity contribution in [1.82, 2.24) is 0 Å². The summed E-state index contributed by atoms with van der Waals surface area (Å²) in [6.45, 7) is 0. The largest absolute Gasteiger partial charge is 0.480 e.